The molecule has 3 saturated heterocycles. The Morgan fingerprint density at radius 2 is 0.722 bits per heavy atom. The number of hydrogen-bond acceptors (Lipinski definition) is 18. The van der Waals surface area contributed by atoms with E-state index in [1.807, 2.05) is 0 Å². The Kier molecular flexibility index (Phi) is 21.9. The largest absolute Gasteiger partial charge is 0.434 e. The van der Waals surface area contributed by atoms with Gasteiger partial charge in [0.25, 0.3) is 17.7 Å². The Morgan fingerprint density at radius 1 is 0.444 bits per heavy atom. The van der Waals surface area contributed by atoms with Crippen molar-refractivity contribution in [1.82, 2.24) is 87.8 Å². The number of rotatable bonds is 18. The summed E-state index contributed by atoms with van der Waals surface area (Å²) in [5.74, 6) is -2.61. The molecule has 0 aliphatic carbocycles. The molecule has 39 heteroatoms. The first-order valence-electron chi connectivity index (χ1n) is 33.0. The number of ether oxygens (including phenoxy) is 3. The second-order valence-corrected chi connectivity index (χ2v) is 25.9. The lowest BCUT2D eigenvalue weighted by atomic mass is 10.1. The molecule has 0 spiro atoms. The van der Waals surface area contributed by atoms with Crippen molar-refractivity contribution in [3.8, 4) is 51.0 Å². The van der Waals surface area contributed by atoms with Crippen LogP contribution in [0, 0.1) is 0 Å². The van der Waals surface area contributed by atoms with Crippen molar-refractivity contribution in [2.75, 3.05) is 56.7 Å². The second-order valence-electron chi connectivity index (χ2n) is 24.6. The maximum Gasteiger partial charge on any atom is 0.387 e. The summed E-state index contributed by atoms with van der Waals surface area (Å²) in [6, 6.07) is 15.5. The van der Waals surface area contributed by atoms with Crippen molar-refractivity contribution < 1.29 is 69.3 Å². The van der Waals surface area contributed by atoms with Crippen LogP contribution >= 0.6 is 34.8 Å². The van der Waals surface area contributed by atoms with Crippen LogP contribution in [0.4, 0.5) is 43.4 Å². The molecule has 0 bridgehead atoms. The molecule has 1 unspecified atom stereocenters. The zero-order valence-electron chi connectivity index (χ0n) is 56.8. The van der Waals surface area contributed by atoms with Crippen LogP contribution in [0.3, 0.4) is 0 Å². The summed E-state index contributed by atoms with van der Waals surface area (Å²) >= 11 is 18.5. The van der Waals surface area contributed by atoms with Crippen molar-refractivity contribution in [3.63, 3.8) is 0 Å². The van der Waals surface area contributed by atoms with Gasteiger partial charge in [-0.05, 0) is 111 Å². The standard InChI is InChI=1S/3C23H20ClF2N7O3/c3*1-31-8-2-4-17(22(31)35)33-12-16(29-21(34)15-11-28-32-9-3-7-27-20(15)32)19(30-33)14-10-13(24)5-6-18(14)36-23(25)26/h3*3,5-7,9-12,17,23H,2,4,8H2,1H3,(H,29,34)/t2*17-;/m10./s1. The van der Waals surface area contributed by atoms with Gasteiger partial charge >= 0.3 is 19.8 Å². The van der Waals surface area contributed by atoms with Gasteiger partial charge < -0.3 is 44.9 Å². The van der Waals surface area contributed by atoms with Crippen molar-refractivity contribution in [1.29, 1.82) is 0 Å². The number of nitrogens with zero attached hydrogens (tertiary/aromatic N) is 18. The summed E-state index contributed by atoms with van der Waals surface area (Å²) in [5.41, 5.74) is 2.85. The summed E-state index contributed by atoms with van der Waals surface area (Å²) in [6.07, 6.45) is 22.0. The zero-order valence-corrected chi connectivity index (χ0v) is 59.1. The highest BCUT2D eigenvalue weighted by Gasteiger charge is 2.35. The van der Waals surface area contributed by atoms with E-state index in [0.29, 0.717) is 55.8 Å². The van der Waals surface area contributed by atoms with Gasteiger partial charge in [-0.3, -0.25) is 42.8 Å². The van der Waals surface area contributed by atoms with Gasteiger partial charge in [-0.15, -0.1) is 0 Å². The number of amides is 6. The molecule has 3 N–H and O–H groups in total. The van der Waals surface area contributed by atoms with Crippen LogP contribution in [-0.2, 0) is 14.4 Å². The van der Waals surface area contributed by atoms with Crippen LogP contribution in [0.2, 0.25) is 15.1 Å². The lowest BCUT2D eigenvalue weighted by Gasteiger charge is -2.29. The predicted molar refractivity (Wildman–Crippen MR) is 378 cm³/mol. The minimum Gasteiger partial charge on any atom is -0.434 e. The lowest BCUT2D eigenvalue weighted by molar-refractivity contribution is -0.137. The maximum atomic E-state index is 13.2. The predicted octanol–water partition coefficient (Wildman–Crippen LogP) is 11.7. The number of hydrogen-bond donors (Lipinski definition) is 3. The molecule has 30 nitrogen and oxygen atoms in total. The van der Waals surface area contributed by atoms with Crippen molar-refractivity contribution >= 4 is 104 Å². The molecule has 3 atom stereocenters. The number of alkyl halides is 6. The topological polar surface area (TPSA) is 320 Å². The normalized spacial score (nSPS) is 16.1. The number of halogens is 9. The van der Waals surface area contributed by atoms with E-state index < -0.39 is 55.7 Å². The van der Waals surface area contributed by atoms with Gasteiger partial charge in [-0.2, -0.15) is 56.9 Å². The molecule has 3 fully saturated rings. The van der Waals surface area contributed by atoms with Gasteiger partial charge in [-0.1, -0.05) is 34.8 Å². The van der Waals surface area contributed by atoms with Crippen LogP contribution in [-0.4, -0.2) is 184 Å². The fraction of sp³-hybridized carbons (Fsp3) is 0.261. The molecule has 3 aliphatic heterocycles. The molecule has 3 aliphatic rings. The van der Waals surface area contributed by atoms with E-state index in [0.717, 1.165) is 19.3 Å². The van der Waals surface area contributed by atoms with E-state index in [-0.39, 0.29) is 118 Å². The van der Waals surface area contributed by atoms with E-state index in [1.165, 1.54) is 138 Å². The van der Waals surface area contributed by atoms with Crippen LogP contribution in [0.25, 0.3) is 50.7 Å². The number of fused-ring (bicyclic) bond motifs is 3. The van der Waals surface area contributed by atoms with Gasteiger partial charge in [0.2, 0.25) is 17.7 Å². The van der Waals surface area contributed by atoms with Crippen LogP contribution in [0.1, 0.15) is 87.7 Å². The number of carbonyl (C=O) groups is 6. The Morgan fingerprint density at radius 3 is 0.991 bits per heavy atom. The van der Waals surface area contributed by atoms with Crippen molar-refractivity contribution in [3.05, 3.63) is 179 Å². The Labute approximate surface area is 621 Å². The lowest BCUT2D eigenvalue weighted by Crippen LogP contribution is -2.39. The average molecular weight is 1550 g/mol. The van der Waals surface area contributed by atoms with Crippen LogP contribution in [0.15, 0.2) is 147 Å². The van der Waals surface area contributed by atoms with E-state index in [4.69, 9.17) is 34.8 Å². The fourth-order valence-corrected chi connectivity index (χ4v) is 13.0. The van der Waals surface area contributed by atoms with Gasteiger partial charge in [0.05, 0.1) is 54.2 Å². The smallest absolute Gasteiger partial charge is 0.387 e. The summed E-state index contributed by atoms with van der Waals surface area (Å²) < 4.78 is 102. The molecule has 108 heavy (non-hydrogen) atoms. The minimum absolute atomic E-state index is 0.118. The van der Waals surface area contributed by atoms with Gasteiger partial charge in [-0.25, -0.2) is 28.5 Å². The number of anilines is 3. The van der Waals surface area contributed by atoms with E-state index in [9.17, 15) is 55.1 Å². The van der Waals surface area contributed by atoms with Gasteiger partial charge in [0.15, 0.2) is 16.9 Å². The molecule has 558 valence electrons. The van der Waals surface area contributed by atoms with E-state index >= 15 is 0 Å². The molecule has 12 aromatic rings. The molecule has 9 aromatic heterocycles. The summed E-state index contributed by atoms with van der Waals surface area (Å²) in [6.45, 7) is -7.42. The van der Waals surface area contributed by atoms with Crippen LogP contribution < -0.4 is 30.2 Å². The number of nitrogens with one attached hydrogen (secondary N) is 3. The molecular weight excluding hydrogens is 1490 g/mol. The van der Waals surface area contributed by atoms with Crippen molar-refractivity contribution in [2.45, 2.75) is 76.5 Å². The number of carbonyl (C=O) groups excluding carboxylic acids is 6. The molecule has 3 aromatic carbocycles. The number of likely N-dealkylation sites (N-methyl/N-ethyl adjacent to an activating group) is 3. The second kappa shape index (κ2) is 31.9. The Hall–Kier alpha value is -12.2. The average Bonchev–Trinajstić information content (AvgIpc) is 1.62. The van der Waals surface area contributed by atoms with Gasteiger partial charge in [0.1, 0.15) is 69.1 Å². The highest BCUT2D eigenvalue weighted by molar-refractivity contribution is 6.31. The molecule has 12 heterocycles. The fourth-order valence-electron chi connectivity index (χ4n) is 12.5. The maximum absolute atomic E-state index is 13.2. The summed E-state index contributed by atoms with van der Waals surface area (Å²) in [4.78, 5) is 95.4. The highest BCUT2D eigenvalue weighted by Crippen LogP contribution is 2.43. The monoisotopic (exact) mass is 1550 g/mol. The molecular formula is C69H60Cl3F6N21O9. The van der Waals surface area contributed by atoms with Crippen LogP contribution in [0.5, 0.6) is 17.2 Å². The molecule has 0 saturated carbocycles. The van der Waals surface area contributed by atoms with E-state index in [1.54, 1.807) is 72.6 Å². The Bertz CT molecular complexity index is 4880. The number of aromatic nitrogens is 15. The summed E-state index contributed by atoms with van der Waals surface area (Å²) in [5, 5.41) is 35.0. The first-order valence-corrected chi connectivity index (χ1v) is 34.1. The molecule has 15 rings (SSSR count). The third-order valence-electron chi connectivity index (χ3n) is 17.6. The van der Waals surface area contributed by atoms with Gasteiger partial charge in [0, 0.05) is 110 Å². The Balaban J connectivity index is 0.000000143. The minimum atomic E-state index is -3.09. The molecule has 0 radical (unpaired) electrons. The third kappa shape index (κ3) is 16.0. The van der Waals surface area contributed by atoms with E-state index in [2.05, 4.69) is 75.7 Å². The SMILES string of the molecule is CN1CCCC(n2cc(NC(=O)c3cnn4cccnc34)c(-c3cc(Cl)ccc3OC(F)F)n2)C1=O.CN1CCC[C@@H](n2cc(NC(=O)c3cnn4cccnc34)c(-c3cc(Cl)ccc3OC(F)F)n2)C1=O.CN1CCC[C@H](n2cc(NC(=O)c3cnn4cccnc34)c(-c3cc(Cl)ccc3OC(F)F)n2)C1=O. The first kappa shape index (κ1) is 74.1. The molecule has 6 amide bonds. The van der Waals surface area contributed by atoms with Crippen molar-refractivity contribution in [2.24, 2.45) is 0 Å². The summed E-state index contributed by atoms with van der Waals surface area (Å²) in [7, 11) is 5.10. The highest BCUT2D eigenvalue weighted by atomic mass is 35.5. The number of likely N-dealkylation sites (tertiary alicyclic amines) is 3. The third-order valence-corrected chi connectivity index (χ3v) is 18.3. The number of piperidine rings is 3. The quantitative estimate of drug-likeness (QED) is 0.0672. The number of benzene rings is 3. The first-order chi connectivity index (χ1) is 51.9. The zero-order chi connectivity index (χ0) is 76.2.